The Labute approximate surface area is 122 Å². The van der Waals surface area contributed by atoms with E-state index in [1.54, 1.807) is 0 Å². The molecule has 3 rings (SSSR count). The molecule has 0 aromatic heterocycles. The normalized spacial score (nSPS) is 17.8. The van der Waals surface area contributed by atoms with E-state index >= 15 is 0 Å². The summed E-state index contributed by atoms with van der Waals surface area (Å²) in [6.07, 6.45) is 3.76. The molecule has 0 bridgehead atoms. The summed E-state index contributed by atoms with van der Waals surface area (Å²) in [5.74, 6) is 1.46. The Morgan fingerprint density at radius 2 is 1.45 bits per heavy atom. The molecule has 0 amide bonds. The van der Waals surface area contributed by atoms with E-state index in [2.05, 4.69) is 66.0 Å². The average molecular weight is 265 g/mol. The number of nitrogens with one attached hydrogen (secondary N) is 1. The van der Waals surface area contributed by atoms with Crippen LogP contribution in [0.25, 0.3) is 0 Å². The average Bonchev–Trinajstić information content (AvgIpc) is 2.55. The highest BCUT2D eigenvalue weighted by molar-refractivity contribution is 5.25. The summed E-state index contributed by atoms with van der Waals surface area (Å²) >= 11 is 0. The second-order valence-electron chi connectivity index (χ2n) is 5.79. The molecular formula is C19H23N. The topological polar surface area (TPSA) is 12.0 Å². The summed E-state index contributed by atoms with van der Waals surface area (Å²) in [7, 11) is 0. The van der Waals surface area contributed by atoms with Gasteiger partial charge in [0.05, 0.1) is 0 Å². The smallest absolute Gasteiger partial charge is 0.00460 e. The molecule has 20 heavy (non-hydrogen) atoms. The highest BCUT2D eigenvalue weighted by Crippen LogP contribution is 2.33. The maximum atomic E-state index is 3.48. The Morgan fingerprint density at radius 1 is 0.850 bits per heavy atom. The predicted molar refractivity (Wildman–Crippen MR) is 84.9 cm³/mol. The van der Waals surface area contributed by atoms with E-state index in [1.165, 1.54) is 37.1 Å². The van der Waals surface area contributed by atoms with Gasteiger partial charge in [0, 0.05) is 0 Å². The highest BCUT2D eigenvalue weighted by Gasteiger charge is 2.24. The van der Waals surface area contributed by atoms with Crippen molar-refractivity contribution in [1.82, 2.24) is 5.32 Å². The van der Waals surface area contributed by atoms with Crippen molar-refractivity contribution in [1.29, 1.82) is 0 Å². The van der Waals surface area contributed by atoms with E-state index in [0.717, 1.165) is 12.3 Å². The van der Waals surface area contributed by atoms with Gasteiger partial charge in [-0.1, -0.05) is 60.7 Å². The van der Waals surface area contributed by atoms with Crippen LogP contribution in [0.2, 0.25) is 0 Å². The molecule has 1 aliphatic rings. The first-order valence-corrected chi connectivity index (χ1v) is 7.73. The van der Waals surface area contributed by atoms with Crippen LogP contribution in [0.5, 0.6) is 0 Å². The number of hydrogen-bond donors (Lipinski definition) is 1. The van der Waals surface area contributed by atoms with Gasteiger partial charge >= 0.3 is 0 Å². The third-order valence-electron chi connectivity index (χ3n) is 4.48. The standard InChI is InChI=1S/C19H23N/c1-3-7-16(8-4-1)15-19(17-9-5-2-6-10-17)18-11-13-20-14-12-18/h1-10,18-20H,11-15H2. The van der Waals surface area contributed by atoms with Crippen molar-refractivity contribution in [3.8, 4) is 0 Å². The molecule has 1 saturated heterocycles. The molecule has 2 aromatic carbocycles. The fourth-order valence-electron chi connectivity index (χ4n) is 3.37. The minimum Gasteiger partial charge on any atom is -0.317 e. The molecule has 1 fully saturated rings. The lowest BCUT2D eigenvalue weighted by Gasteiger charge is -2.31. The molecule has 2 aromatic rings. The van der Waals surface area contributed by atoms with Crippen molar-refractivity contribution in [2.45, 2.75) is 25.2 Å². The maximum absolute atomic E-state index is 3.48. The molecule has 104 valence electrons. The quantitative estimate of drug-likeness (QED) is 0.880. The lowest BCUT2D eigenvalue weighted by Crippen LogP contribution is -2.31. The summed E-state index contributed by atoms with van der Waals surface area (Å²) in [6.45, 7) is 2.34. The van der Waals surface area contributed by atoms with Crippen LogP contribution in [0.3, 0.4) is 0 Å². The summed E-state index contributed by atoms with van der Waals surface area (Å²) in [4.78, 5) is 0. The maximum Gasteiger partial charge on any atom is -0.00460 e. The third-order valence-corrected chi connectivity index (χ3v) is 4.48. The monoisotopic (exact) mass is 265 g/mol. The van der Waals surface area contributed by atoms with Gasteiger partial charge in [0.25, 0.3) is 0 Å². The van der Waals surface area contributed by atoms with Crippen LogP contribution in [0.1, 0.15) is 29.9 Å². The van der Waals surface area contributed by atoms with Crippen molar-refractivity contribution >= 4 is 0 Å². The van der Waals surface area contributed by atoms with Crippen LogP contribution in [-0.2, 0) is 6.42 Å². The van der Waals surface area contributed by atoms with Crippen molar-refractivity contribution in [3.05, 3.63) is 71.8 Å². The minimum atomic E-state index is 0.653. The van der Waals surface area contributed by atoms with Crippen molar-refractivity contribution < 1.29 is 0 Å². The number of hydrogen-bond acceptors (Lipinski definition) is 1. The molecule has 1 heterocycles. The van der Waals surface area contributed by atoms with Crippen LogP contribution in [0.15, 0.2) is 60.7 Å². The SMILES string of the molecule is c1ccc(CC(c2ccccc2)C2CCNCC2)cc1. The zero-order valence-corrected chi connectivity index (χ0v) is 12.0. The van der Waals surface area contributed by atoms with Crippen LogP contribution in [-0.4, -0.2) is 13.1 Å². The van der Waals surface area contributed by atoms with E-state index in [0.29, 0.717) is 5.92 Å². The molecule has 1 atom stereocenters. The first-order chi connectivity index (χ1) is 9.93. The van der Waals surface area contributed by atoms with Gasteiger partial charge in [-0.15, -0.1) is 0 Å². The zero-order chi connectivity index (χ0) is 13.6. The lowest BCUT2D eigenvalue weighted by atomic mass is 9.77. The second kappa shape index (κ2) is 6.71. The Kier molecular flexibility index (Phi) is 4.49. The van der Waals surface area contributed by atoms with Gasteiger partial charge in [0.2, 0.25) is 0 Å². The van der Waals surface area contributed by atoms with Gasteiger partial charge in [-0.25, -0.2) is 0 Å². The van der Waals surface area contributed by atoms with Crippen LogP contribution < -0.4 is 5.32 Å². The van der Waals surface area contributed by atoms with Gasteiger partial charge in [-0.3, -0.25) is 0 Å². The fraction of sp³-hybridized carbons (Fsp3) is 0.368. The first kappa shape index (κ1) is 13.4. The molecule has 0 aliphatic carbocycles. The summed E-state index contributed by atoms with van der Waals surface area (Å²) in [6, 6.07) is 22.0. The van der Waals surface area contributed by atoms with E-state index in [9.17, 15) is 0 Å². The number of benzene rings is 2. The van der Waals surface area contributed by atoms with Gasteiger partial charge in [-0.05, 0) is 55.3 Å². The van der Waals surface area contributed by atoms with Gasteiger partial charge in [0.1, 0.15) is 0 Å². The van der Waals surface area contributed by atoms with Gasteiger partial charge in [0.15, 0.2) is 0 Å². The van der Waals surface area contributed by atoms with Crippen LogP contribution in [0.4, 0.5) is 0 Å². The Balaban J connectivity index is 1.83. The van der Waals surface area contributed by atoms with Gasteiger partial charge in [-0.2, -0.15) is 0 Å². The number of rotatable bonds is 4. The van der Waals surface area contributed by atoms with E-state index in [4.69, 9.17) is 0 Å². The van der Waals surface area contributed by atoms with E-state index < -0.39 is 0 Å². The second-order valence-corrected chi connectivity index (χ2v) is 5.79. The number of piperidine rings is 1. The molecular weight excluding hydrogens is 242 g/mol. The molecule has 1 aliphatic heterocycles. The van der Waals surface area contributed by atoms with Gasteiger partial charge < -0.3 is 5.32 Å². The fourth-order valence-corrected chi connectivity index (χ4v) is 3.37. The molecule has 0 spiro atoms. The summed E-state index contributed by atoms with van der Waals surface area (Å²) in [5, 5.41) is 3.48. The van der Waals surface area contributed by atoms with Crippen LogP contribution in [0, 0.1) is 5.92 Å². The third kappa shape index (κ3) is 3.29. The van der Waals surface area contributed by atoms with Crippen molar-refractivity contribution in [2.75, 3.05) is 13.1 Å². The molecule has 1 unspecified atom stereocenters. The Bertz CT molecular complexity index is 500. The first-order valence-electron chi connectivity index (χ1n) is 7.73. The molecule has 1 nitrogen and oxygen atoms in total. The predicted octanol–water partition coefficient (Wildman–Crippen LogP) is 4.01. The summed E-state index contributed by atoms with van der Waals surface area (Å²) in [5.41, 5.74) is 2.96. The van der Waals surface area contributed by atoms with Crippen molar-refractivity contribution in [3.63, 3.8) is 0 Å². The molecule has 1 N–H and O–H groups in total. The zero-order valence-electron chi connectivity index (χ0n) is 12.0. The minimum absolute atomic E-state index is 0.653. The molecule has 0 radical (unpaired) electrons. The highest BCUT2D eigenvalue weighted by atomic mass is 14.9. The Hall–Kier alpha value is -1.60. The van der Waals surface area contributed by atoms with E-state index in [1.807, 2.05) is 0 Å². The largest absolute Gasteiger partial charge is 0.317 e. The molecule has 0 saturated carbocycles. The van der Waals surface area contributed by atoms with Crippen LogP contribution >= 0.6 is 0 Å². The summed E-state index contributed by atoms with van der Waals surface area (Å²) < 4.78 is 0. The molecule has 1 heteroatoms. The lowest BCUT2D eigenvalue weighted by molar-refractivity contribution is 0.316. The van der Waals surface area contributed by atoms with Crippen molar-refractivity contribution in [2.24, 2.45) is 5.92 Å². The van der Waals surface area contributed by atoms with E-state index in [-0.39, 0.29) is 0 Å². The Morgan fingerprint density at radius 3 is 2.10 bits per heavy atom.